The van der Waals surface area contributed by atoms with Crippen molar-refractivity contribution in [3.8, 4) is 0 Å². The van der Waals surface area contributed by atoms with Crippen LogP contribution >= 0.6 is 12.4 Å². The summed E-state index contributed by atoms with van der Waals surface area (Å²) in [6.45, 7) is 2.25. The minimum Gasteiger partial charge on any atom is -0.352 e. The van der Waals surface area contributed by atoms with Gasteiger partial charge in [0, 0.05) is 31.6 Å². The first-order valence-corrected chi connectivity index (χ1v) is 5.11. The van der Waals surface area contributed by atoms with Crippen LogP contribution in [0.4, 0.5) is 8.78 Å². The van der Waals surface area contributed by atoms with E-state index in [4.69, 9.17) is 0 Å². The number of hydrogen-bond acceptors (Lipinski definition) is 2. The quantitative estimate of drug-likeness (QED) is 0.863. The van der Waals surface area contributed by atoms with Gasteiger partial charge < -0.3 is 10.6 Å². The van der Waals surface area contributed by atoms with Crippen molar-refractivity contribution in [3.05, 3.63) is 35.4 Å². The van der Waals surface area contributed by atoms with E-state index in [0.29, 0.717) is 18.5 Å². The topological polar surface area (TPSA) is 41.1 Å². The van der Waals surface area contributed by atoms with Gasteiger partial charge >= 0.3 is 0 Å². The van der Waals surface area contributed by atoms with Gasteiger partial charge in [-0.15, -0.1) is 12.4 Å². The Morgan fingerprint density at radius 2 is 2.12 bits per heavy atom. The molecule has 6 heteroatoms. The second-order valence-corrected chi connectivity index (χ2v) is 3.86. The number of benzene rings is 1. The highest BCUT2D eigenvalue weighted by Gasteiger charge is 2.18. The van der Waals surface area contributed by atoms with Gasteiger partial charge in [-0.3, -0.25) is 4.79 Å². The van der Waals surface area contributed by atoms with E-state index in [1.54, 1.807) is 0 Å². The van der Waals surface area contributed by atoms with Crippen molar-refractivity contribution < 1.29 is 13.6 Å². The monoisotopic (exact) mass is 262 g/mol. The molecule has 0 radical (unpaired) electrons. The van der Waals surface area contributed by atoms with Gasteiger partial charge in [0.25, 0.3) is 5.91 Å². The maximum absolute atomic E-state index is 13.2. The van der Waals surface area contributed by atoms with Gasteiger partial charge in [-0.1, -0.05) is 0 Å². The average Bonchev–Trinajstić information content (AvgIpc) is 2.14. The zero-order valence-corrected chi connectivity index (χ0v) is 9.82. The lowest BCUT2D eigenvalue weighted by atomic mass is 10.0. The maximum Gasteiger partial charge on any atom is 0.254 e. The van der Waals surface area contributed by atoms with Gasteiger partial charge in [0.05, 0.1) is 5.56 Å². The predicted molar refractivity (Wildman–Crippen MR) is 62.3 cm³/mol. The molecule has 0 saturated carbocycles. The molecule has 0 unspecified atom stereocenters. The number of carbonyl (C=O) groups excluding carboxylic acids is 1. The van der Waals surface area contributed by atoms with E-state index in [-0.39, 0.29) is 18.0 Å². The molecule has 0 atom stereocenters. The molecule has 0 aliphatic carbocycles. The molecular formula is C11H13ClF2N2O. The molecule has 2 rings (SSSR count). The van der Waals surface area contributed by atoms with E-state index >= 15 is 0 Å². The minimum atomic E-state index is -0.829. The Bertz CT molecular complexity index is 410. The van der Waals surface area contributed by atoms with E-state index < -0.39 is 17.5 Å². The number of nitrogens with one attached hydrogen (secondary N) is 2. The Balaban J connectivity index is 0.00000144. The first-order chi connectivity index (χ1) is 7.66. The van der Waals surface area contributed by atoms with Crippen molar-refractivity contribution in [2.45, 2.75) is 0 Å². The van der Waals surface area contributed by atoms with Gasteiger partial charge in [-0.2, -0.15) is 0 Å². The fourth-order valence-corrected chi connectivity index (χ4v) is 1.50. The predicted octanol–water partition coefficient (Wildman–Crippen LogP) is 1.34. The SMILES string of the molecule is Cl.O=C(NCC1CNC1)c1ccc(F)cc1F. The van der Waals surface area contributed by atoms with Crippen LogP contribution in [0.2, 0.25) is 0 Å². The molecule has 17 heavy (non-hydrogen) atoms. The highest BCUT2D eigenvalue weighted by atomic mass is 35.5. The summed E-state index contributed by atoms with van der Waals surface area (Å²) in [5.74, 6) is -1.60. The van der Waals surface area contributed by atoms with Crippen molar-refractivity contribution in [1.29, 1.82) is 0 Å². The van der Waals surface area contributed by atoms with Crippen LogP contribution in [0, 0.1) is 17.6 Å². The van der Waals surface area contributed by atoms with Gasteiger partial charge in [0.15, 0.2) is 0 Å². The fourth-order valence-electron chi connectivity index (χ4n) is 1.50. The van der Waals surface area contributed by atoms with Crippen molar-refractivity contribution >= 4 is 18.3 Å². The fraction of sp³-hybridized carbons (Fsp3) is 0.364. The normalized spacial score (nSPS) is 14.7. The molecule has 2 N–H and O–H groups in total. The summed E-state index contributed by atoms with van der Waals surface area (Å²) in [5.41, 5.74) is -0.117. The first kappa shape index (κ1) is 13.9. The van der Waals surface area contributed by atoms with Crippen molar-refractivity contribution in [3.63, 3.8) is 0 Å². The van der Waals surface area contributed by atoms with Gasteiger partial charge in [0.1, 0.15) is 11.6 Å². The van der Waals surface area contributed by atoms with E-state index in [1.165, 1.54) is 0 Å². The van der Waals surface area contributed by atoms with Crippen LogP contribution in [0.3, 0.4) is 0 Å². The maximum atomic E-state index is 13.2. The lowest BCUT2D eigenvalue weighted by Gasteiger charge is -2.27. The Morgan fingerprint density at radius 3 is 2.65 bits per heavy atom. The van der Waals surface area contributed by atoms with Crippen LogP contribution in [0.25, 0.3) is 0 Å². The third-order valence-corrected chi connectivity index (χ3v) is 2.59. The molecular weight excluding hydrogens is 250 g/mol. The molecule has 1 saturated heterocycles. The van der Waals surface area contributed by atoms with Gasteiger partial charge in [0.2, 0.25) is 0 Å². The van der Waals surface area contributed by atoms with Crippen LogP contribution in [0.1, 0.15) is 10.4 Å². The van der Waals surface area contributed by atoms with Crippen molar-refractivity contribution in [2.24, 2.45) is 5.92 Å². The van der Waals surface area contributed by atoms with Crippen LogP contribution in [0.15, 0.2) is 18.2 Å². The molecule has 1 fully saturated rings. The Hall–Kier alpha value is -1.20. The molecule has 1 aliphatic heterocycles. The first-order valence-electron chi connectivity index (χ1n) is 5.11. The third kappa shape index (κ3) is 3.38. The van der Waals surface area contributed by atoms with Crippen molar-refractivity contribution in [2.75, 3.05) is 19.6 Å². The summed E-state index contributed by atoms with van der Waals surface area (Å²) in [6, 6.07) is 2.93. The Kier molecular flexibility index (Phi) is 4.84. The number of carbonyl (C=O) groups is 1. The number of rotatable bonds is 3. The van der Waals surface area contributed by atoms with Gasteiger partial charge in [-0.25, -0.2) is 8.78 Å². The molecule has 94 valence electrons. The molecule has 1 heterocycles. The lowest BCUT2D eigenvalue weighted by molar-refractivity contribution is 0.0938. The highest BCUT2D eigenvalue weighted by Crippen LogP contribution is 2.09. The molecule has 3 nitrogen and oxygen atoms in total. The molecule has 0 spiro atoms. The molecule has 1 aromatic carbocycles. The summed E-state index contributed by atoms with van der Waals surface area (Å²) in [7, 11) is 0. The zero-order chi connectivity index (χ0) is 11.5. The molecule has 1 aromatic rings. The van der Waals surface area contributed by atoms with Crippen LogP contribution < -0.4 is 10.6 Å². The van der Waals surface area contributed by atoms with Crippen molar-refractivity contribution in [1.82, 2.24) is 10.6 Å². The second kappa shape index (κ2) is 5.93. The van der Waals surface area contributed by atoms with E-state index in [9.17, 15) is 13.6 Å². The molecule has 1 aliphatic rings. The van der Waals surface area contributed by atoms with Crippen LogP contribution in [0.5, 0.6) is 0 Å². The summed E-state index contributed by atoms with van der Waals surface area (Å²) in [4.78, 5) is 11.5. The average molecular weight is 263 g/mol. The summed E-state index contributed by atoms with van der Waals surface area (Å²) in [6.07, 6.45) is 0. The summed E-state index contributed by atoms with van der Waals surface area (Å²) < 4.78 is 25.8. The van der Waals surface area contributed by atoms with E-state index in [0.717, 1.165) is 25.2 Å². The molecule has 0 aromatic heterocycles. The summed E-state index contributed by atoms with van der Waals surface area (Å²) in [5, 5.41) is 5.69. The van der Waals surface area contributed by atoms with E-state index in [1.807, 2.05) is 0 Å². The molecule has 0 bridgehead atoms. The Labute approximate surface area is 104 Å². The standard InChI is InChI=1S/C11H12F2N2O.ClH/c12-8-1-2-9(10(13)3-8)11(16)15-6-7-4-14-5-7;/h1-3,7,14H,4-6H2,(H,15,16);1H. The number of amides is 1. The minimum absolute atomic E-state index is 0. The third-order valence-electron chi connectivity index (χ3n) is 2.59. The Morgan fingerprint density at radius 1 is 1.41 bits per heavy atom. The number of halogens is 3. The lowest BCUT2D eigenvalue weighted by Crippen LogP contribution is -2.48. The van der Waals surface area contributed by atoms with E-state index in [2.05, 4.69) is 10.6 Å². The number of hydrogen-bond donors (Lipinski definition) is 2. The van der Waals surface area contributed by atoms with Crippen LogP contribution in [-0.2, 0) is 0 Å². The van der Waals surface area contributed by atoms with Crippen LogP contribution in [-0.4, -0.2) is 25.5 Å². The highest BCUT2D eigenvalue weighted by molar-refractivity contribution is 5.94. The largest absolute Gasteiger partial charge is 0.352 e. The smallest absolute Gasteiger partial charge is 0.254 e. The molecule has 1 amide bonds. The zero-order valence-electron chi connectivity index (χ0n) is 9.00. The van der Waals surface area contributed by atoms with Gasteiger partial charge in [-0.05, 0) is 12.1 Å². The second-order valence-electron chi connectivity index (χ2n) is 3.86. The summed E-state index contributed by atoms with van der Waals surface area (Å²) >= 11 is 0.